The number of ketones is 1. The highest BCUT2D eigenvalue weighted by atomic mass is 32.2. The molecule has 30 heavy (non-hydrogen) atoms. The second-order valence-electron chi connectivity index (χ2n) is 6.84. The van der Waals surface area contributed by atoms with Gasteiger partial charge in [-0.05, 0) is 46.9 Å². The zero-order chi connectivity index (χ0) is 21.5. The molecular weight excluding hydrogens is 416 g/mol. The summed E-state index contributed by atoms with van der Waals surface area (Å²) < 4.78 is 0. The lowest BCUT2D eigenvalue weighted by Gasteiger charge is -2.07. The van der Waals surface area contributed by atoms with E-state index in [1.54, 1.807) is 35.7 Å². The molecule has 0 bridgehead atoms. The maximum Gasteiger partial charge on any atom is 0.225 e. The number of amides is 2. The number of anilines is 2. The van der Waals surface area contributed by atoms with Gasteiger partial charge in [0, 0.05) is 46.8 Å². The number of carbonyl (C=O) groups excluding carboxylic acids is 3. The summed E-state index contributed by atoms with van der Waals surface area (Å²) in [6.45, 7) is 4.13. The lowest BCUT2D eigenvalue weighted by atomic mass is 10.0. The zero-order valence-electron chi connectivity index (χ0n) is 17.2. The summed E-state index contributed by atoms with van der Waals surface area (Å²) in [6.07, 6.45) is 0.896. The van der Waals surface area contributed by atoms with E-state index in [2.05, 4.69) is 24.5 Å². The normalized spacial score (nSPS) is 11.7. The van der Waals surface area contributed by atoms with Gasteiger partial charge >= 0.3 is 0 Å². The van der Waals surface area contributed by atoms with Crippen molar-refractivity contribution in [2.75, 3.05) is 33.6 Å². The fraction of sp³-hybridized carbons (Fsp3) is 0.348. The Bertz CT molecular complexity index is 884. The van der Waals surface area contributed by atoms with Gasteiger partial charge in [0.25, 0.3) is 0 Å². The second kappa shape index (κ2) is 10.7. The Balaban J connectivity index is 1.70. The summed E-state index contributed by atoms with van der Waals surface area (Å²) in [6, 6.07) is 10.9. The first-order valence-electron chi connectivity index (χ1n) is 10.1. The summed E-state index contributed by atoms with van der Waals surface area (Å²) in [4.78, 5) is 37.1. The number of fused-ring (bicyclic) bond motifs is 3. The summed E-state index contributed by atoms with van der Waals surface area (Å²) >= 11 is 3.45. The molecule has 0 heterocycles. The number of hydrogen-bond acceptors (Lipinski definition) is 5. The fourth-order valence-electron chi connectivity index (χ4n) is 3.30. The number of hydrogen-bond donors (Lipinski definition) is 2. The first-order valence-corrected chi connectivity index (χ1v) is 12.4. The molecule has 0 saturated heterocycles. The number of benzene rings is 2. The van der Waals surface area contributed by atoms with E-state index >= 15 is 0 Å². The maximum atomic E-state index is 13.0. The van der Waals surface area contributed by atoms with Crippen molar-refractivity contribution >= 4 is 52.5 Å². The molecule has 0 atom stereocenters. The first-order chi connectivity index (χ1) is 14.5. The maximum absolute atomic E-state index is 13.0. The summed E-state index contributed by atoms with van der Waals surface area (Å²) in [5.41, 5.74) is 4.12. The third kappa shape index (κ3) is 5.46. The van der Waals surface area contributed by atoms with Crippen LogP contribution in [0.15, 0.2) is 36.4 Å². The quantitative estimate of drug-likeness (QED) is 0.429. The molecular formula is C23H26N2O3S2. The predicted molar refractivity (Wildman–Crippen MR) is 128 cm³/mol. The topological polar surface area (TPSA) is 75.3 Å². The molecule has 158 valence electrons. The SMILES string of the molecule is CCSCCC(=O)Nc1ccc2c(c1)C(=O)c1cc(NC(=O)CCSCC)ccc1-2. The molecule has 7 heteroatoms. The third-order valence-corrected chi connectivity index (χ3v) is 6.54. The minimum absolute atomic E-state index is 0.0508. The van der Waals surface area contributed by atoms with Crippen LogP contribution in [-0.2, 0) is 9.59 Å². The molecule has 0 spiro atoms. The van der Waals surface area contributed by atoms with Crippen LogP contribution in [0.1, 0.15) is 42.6 Å². The molecule has 0 unspecified atom stereocenters. The molecule has 2 aromatic rings. The van der Waals surface area contributed by atoms with Gasteiger partial charge in [-0.15, -0.1) is 0 Å². The van der Waals surface area contributed by atoms with Gasteiger partial charge in [0.1, 0.15) is 0 Å². The van der Waals surface area contributed by atoms with Crippen LogP contribution < -0.4 is 10.6 Å². The molecule has 0 aromatic heterocycles. The fourth-order valence-corrected chi connectivity index (χ4v) is 4.54. The molecule has 5 nitrogen and oxygen atoms in total. The van der Waals surface area contributed by atoms with E-state index in [1.807, 2.05) is 24.3 Å². The van der Waals surface area contributed by atoms with Crippen LogP contribution in [-0.4, -0.2) is 40.6 Å². The lowest BCUT2D eigenvalue weighted by molar-refractivity contribution is -0.116. The van der Waals surface area contributed by atoms with E-state index < -0.39 is 0 Å². The van der Waals surface area contributed by atoms with E-state index in [1.165, 1.54) is 0 Å². The Morgan fingerprint density at radius 2 is 1.17 bits per heavy atom. The standard InChI is InChI=1S/C23H26N2O3S2/c1-3-29-11-9-21(26)24-15-5-7-17-18-8-6-16(25-22(27)10-12-30-4-2)14-20(18)23(28)19(17)13-15/h5-8,13-14H,3-4,9-12H2,1-2H3,(H,24,26)(H,25,27). The van der Waals surface area contributed by atoms with Gasteiger partial charge in [-0.25, -0.2) is 0 Å². The number of nitrogens with one attached hydrogen (secondary N) is 2. The zero-order valence-corrected chi connectivity index (χ0v) is 18.9. The number of thioether (sulfide) groups is 2. The van der Waals surface area contributed by atoms with Gasteiger partial charge in [-0.2, -0.15) is 23.5 Å². The van der Waals surface area contributed by atoms with Crippen molar-refractivity contribution in [1.82, 2.24) is 0 Å². The molecule has 0 saturated carbocycles. The minimum atomic E-state index is -0.0877. The highest BCUT2D eigenvalue weighted by Gasteiger charge is 2.27. The van der Waals surface area contributed by atoms with Crippen LogP contribution in [0.5, 0.6) is 0 Å². The Labute approximate surface area is 185 Å². The largest absolute Gasteiger partial charge is 0.326 e. The average Bonchev–Trinajstić information content (AvgIpc) is 3.00. The van der Waals surface area contributed by atoms with Crippen molar-refractivity contribution in [2.24, 2.45) is 0 Å². The number of carbonyl (C=O) groups is 3. The predicted octanol–water partition coefficient (Wildman–Crippen LogP) is 5.06. The Hall–Kier alpha value is -2.25. The van der Waals surface area contributed by atoms with E-state index in [9.17, 15) is 14.4 Å². The monoisotopic (exact) mass is 442 g/mol. The molecule has 0 aliphatic heterocycles. The molecule has 2 aromatic carbocycles. The van der Waals surface area contributed by atoms with Crippen molar-refractivity contribution in [3.8, 4) is 11.1 Å². The summed E-state index contributed by atoms with van der Waals surface area (Å²) in [5.74, 6) is 3.34. The molecule has 3 rings (SSSR count). The van der Waals surface area contributed by atoms with Gasteiger partial charge in [0.2, 0.25) is 11.8 Å². The van der Waals surface area contributed by atoms with Crippen LogP contribution in [0.4, 0.5) is 11.4 Å². The third-order valence-electron chi connectivity index (χ3n) is 4.74. The molecule has 1 aliphatic rings. The van der Waals surface area contributed by atoms with E-state index in [-0.39, 0.29) is 17.6 Å². The highest BCUT2D eigenvalue weighted by Crippen LogP contribution is 2.39. The van der Waals surface area contributed by atoms with Crippen LogP contribution in [0.3, 0.4) is 0 Å². The highest BCUT2D eigenvalue weighted by molar-refractivity contribution is 7.99. The van der Waals surface area contributed by atoms with Gasteiger partial charge in [0.15, 0.2) is 5.78 Å². The smallest absolute Gasteiger partial charge is 0.225 e. The lowest BCUT2D eigenvalue weighted by Crippen LogP contribution is -2.13. The van der Waals surface area contributed by atoms with Crippen molar-refractivity contribution in [2.45, 2.75) is 26.7 Å². The van der Waals surface area contributed by atoms with E-state index in [0.29, 0.717) is 35.3 Å². The van der Waals surface area contributed by atoms with Crippen molar-refractivity contribution in [1.29, 1.82) is 0 Å². The van der Waals surface area contributed by atoms with Gasteiger partial charge in [-0.1, -0.05) is 26.0 Å². The minimum Gasteiger partial charge on any atom is -0.326 e. The van der Waals surface area contributed by atoms with Gasteiger partial charge < -0.3 is 10.6 Å². The Morgan fingerprint density at radius 1 is 0.733 bits per heavy atom. The van der Waals surface area contributed by atoms with Crippen molar-refractivity contribution in [3.05, 3.63) is 47.5 Å². The average molecular weight is 443 g/mol. The first kappa shape index (κ1) is 22.4. The summed E-state index contributed by atoms with van der Waals surface area (Å²) in [5, 5.41) is 5.75. The van der Waals surface area contributed by atoms with Crippen molar-refractivity contribution < 1.29 is 14.4 Å². The van der Waals surface area contributed by atoms with Gasteiger partial charge in [-0.3, -0.25) is 14.4 Å². The Morgan fingerprint density at radius 3 is 1.57 bits per heavy atom. The molecule has 2 amide bonds. The Kier molecular flexibility index (Phi) is 7.99. The van der Waals surface area contributed by atoms with Crippen LogP contribution >= 0.6 is 23.5 Å². The van der Waals surface area contributed by atoms with Crippen molar-refractivity contribution in [3.63, 3.8) is 0 Å². The molecule has 0 fully saturated rings. The second-order valence-corrected chi connectivity index (χ2v) is 9.63. The molecule has 0 radical (unpaired) electrons. The van der Waals surface area contributed by atoms with E-state index in [4.69, 9.17) is 0 Å². The van der Waals surface area contributed by atoms with Crippen LogP contribution in [0.2, 0.25) is 0 Å². The summed E-state index contributed by atoms with van der Waals surface area (Å²) in [7, 11) is 0. The van der Waals surface area contributed by atoms with Gasteiger partial charge in [0.05, 0.1) is 0 Å². The van der Waals surface area contributed by atoms with E-state index in [0.717, 1.165) is 34.1 Å². The van der Waals surface area contributed by atoms with Crippen LogP contribution in [0.25, 0.3) is 11.1 Å². The molecule has 2 N–H and O–H groups in total. The van der Waals surface area contributed by atoms with Crippen LogP contribution in [0, 0.1) is 0 Å². The molecule has 1 aliphatic carbocycles. The number of rotatable bonds is 10.